The van der Waals surface area contributed by atoms with Gasteiger partial charge in [0.05, 0.1) is 37.8 Å². The number of para-hydroxylation sites is 2. The van der Waals surface area contributed by atoms with E-state index in [1.165, 1.54) is 19.4 Å². The molecule has 6 N–H and O–H groups in total. The molecule has 386 valence electrons. The van der Waals surface area contributed by atoms with Crippen LogP contribution in [0.15, 0.2) is 107 Å². The summed E-state index contributed by atoms with van der Waals surface area (Å²) < 4.78 is 23.8. The Morgan fingerprint density at radius 3 is 1.50 bits per heavy atom. The van der Waals surface area contributed by atoms with E-state index in [0.717, 1.165) is 163 Å². The van der Waals surface area contributed by atoms with Gasteiger partial charge in [-0.3, -0.25) is 14.4 Å². The first kappa shape index (κ1) is 49.1. The minimum atomic E-state index is -1.34. The van der Waals surface area contributed by atoms with Crippen LogP contribution in [0.4, 0.5) is 22.7 Å². The molecule has 6 aliphatic heterocycles. The average Bonchev–Trinajstić information content (AvgIpc) is 3.42. The quantitative estimate of drug-likeness (QED) is 0.0837. The fourth-order valence-corrected chi connectivity index (χ4v) is 11.0. The Labute approximate surface area is 431 Å². The predicted octanol–water partition coefficient (Wildman–Crippen LogP) is 7.49. The number of hydrogen-bond donors (Lipinski definition) is 6. The van der Waals surface area contributed by atoms with E-state index in [-0.39, 0.29) is 23.1 Å². The third-order valence-electron chi connectivity index (χ3n) is 14.9. The zero-order valence-electron chi connectivity index (χ0n) is 42.3. The number of benzene rings is 4. The SMILES string of the molecule is CC(C)(O)C(=O)N1CCC(Nc2ccc3c(c2)Cc2cccc(-c4cc(N5CCOCC5)cc(=O)[nH]4)c2O3)CC1.O=c1cc(N2CCOCC2)cc(-c2cccc3c2Oc2ccc(NC4CCNCC4)cc2C3)[nH]1. The van der Waals surface area contributed by atoms with Crippen LogP contribution in [0.2, 0.25) is 0 Å². The molecule has 0 atom stereocenters. The summed E-state index contributed by atoms with van der Waals surface area (Å²) in [5.74, 6) is 3.07. The van der Waals surface area contributed by atoms with Crippen LogP contribution in [0, 0.1) is 0 Å². The molecule has 0 radical (unpaired) electrons. The number of hydrogen-bond acceptors (Lipinski definition) is 13. The molecular weight excluding hydrogens is 937 g/mol. The maximum atomic E-state index is 12.6. The first-order chi connectivity index (χ1) is 36.0. The Morgan fingerprint density at radius 1 is 0.581 bits per heavy atom. The van der Waals surface area contributed by atoms with Gasteiger partial charge in [-0.25, -0.2) is 0 Å². The first-order valence-corrected chi connectivity index (χ1v) is 26.2. The topological polar surface area (TPSA) is 186 Å². The van der Waals surface area contributed by atoms with Gasteiger partial charge in [0.2, 0.25) is 11.1 Å². The van der Waals surface area contributed by atoms with Gasteiger partial charge in [0, 0.05) is 121 Å². The number of aliphatic hydroxyl groups is 1. The molecule has 74 heavy (non-hydrogen) atoms. The van der Waals surface area contributed by atoms with Crippen LogP contribution in [0.25, 0.3) is 22.5 Å². The second kappa shape index (κ2) is 21.4. The number of aromatic nitrogens is 2. The number of carbonyl (C=O) groups is 1. The predicted molar refractivity (Wildman–Crippen MR) is 289 cm³/mol. The number of carbonyl (C=O) groups excluding carboxylic acids is 1. The van der Waals surface area contributed by atoms with Crippen LogP contribution in [0.5, 0.6) is 23.0 Å². The third kappa shape index (κ3) is 11.0. The molecule has 16 nitrogen and oxygen atoms in total. The molecule has 0 spiro atoms. The number of fused-ring (bicyclic) bond motifs is 4. The van der Waals surface area contributed by atoms with Crippen molar-refractivity contribution < 1.29 is 28.8 Å². The number of pyridine rings is 2. The number of aromatic amines is 2. The molecule has 0 saturated carbocycles. The number of morpholine rings is 2. The standard InChI is InChI=1S/C31H36N4O5.C27H30N4O3/c1-31(2,38)30(37)35-10-8-22(9-11-35)32-23-6-7-27-21(17-23)16-20-4-3-5-25(29(20)40-27)26-18-24(19-28(36)33-26)34-12-14-39-15-13-34;32-26-17-22(31-10-12-33-13-11-31)16-24(30-26)23-3-1-2-18-14-19-15-21(4-5-25(19)34-27(18)23)29-20-6-8-28-9-7-20/h3-7,17-19,22,32,38H,8-16H2,1-2H3,(H,33,36);1-5,15-17,20,28-29H,6-14H2,(H,30,32). The van der Waals surface area contributed by atoms with Gasteiger partial charge < -0.3 is 64.7 Å². The highest BCUT2D eigenvalue weighted by atomic mass is 16.5. The Hall–Kier alpha value is -7.11. The molecule has 6 aromatic rings. The number of ether oxygens (including phenoxy) is 4. The van der Waals surface area contributed by atoms with Gasteiger partial charge in [-0.2, -0.15) is 0 Å². The lowest BCUT2D eigenvalue weighted by atomic mass is 9.95. The number of nitrogens with zero attached hydrogens (tertiary/aromatic N) is 3. The summed E-state index contributed by atoms with van der Waals surface area (Å²) in [7, 11) is 0. The van der Waals surface area contributed by atoms with Gasteiger partial charge in [-0.05, 0) is 124 Å². The van der Waals surface area contributed by atoms with Gasteiger partial charge in [0.1, 0.15) is 28.6 Å². The Bertz CT molecular complexity index is 3120. The van der Waals surface area contributed by atoms with Crippen LogP contribution in [-0.2, 0) is 27.1 Å². The highest BCUT2D eigenvalue weighted by molar-refractivity contribution is 5.84. The molecule has 0 bridgehead atoms. The van der Waals surface area contributed by atoms with Crippen LogP contribution in [-0.4, -0.2) is 122 Å². The van der Waals surface area contributed by atoms with Crippen molar-refractivity contribution in [2.45, 2.75) is 70.1 Å². The van der Waals surface area contributed by atoms with E-state index in [1.807, 2.05) is 48.5 Å². The molecular formula is C58H66N8O8. The Morgan fingerprint density at radius 2 is 1.04 bits per heavy atom. The summed E-state index contributed by atoms with van der Waals surface area (Å²) >= 11 is 0. The smallest absolute Gasteiger partial charge is 0.253 e. The monoisotopic (exact) mass is 1000 g/mol. The van der Waals surface area contributed by atoms with Crippen molar-refractivity contribution in [3.8, 4) is 45.5 Å². The molecule has 1 amide bonds. The van der Waals surface area contributed by atoms with E-state index >= 15 is 0 Å². The van der Waals surface area contributed by atoms with E-state index in [2.05, 4.69) is 72.1 Å². The molecule has 8 heterocycles. The van der Waals surface area contributed by atoms with Crippen LogP contribution < -0.4 is 46.3 Å². The second-order valence-electron chi connectivity index (χ2n) is 20.7. The number of nitrogens with one attached hydrogen (secondary N) is 5. The highest BCUT2D eigenvalue weighted by Crippen LogP contribution is 2.45. The molecule has 4 aromatic carbocycles. The molecule has 4 saturated heterocycles. The van der Waals surface area contributed by atoms with Gasteiger partial charge in [-0.1, -0.05) is 24.3 Å². The fraction of sp³-hybridized carbons (Fsp3) is 0.397. The zero-order chi connectivity index (χ0) is 50.8. The number of H-pyrrole nitrogens is 2. The van der Waals surface area contributed by atoms with Crippen molar-refractivity contribution in [1.29, 1.82) is 0 Å². The molecule has 12 rings (SSSR count). The van der Waals surface area contributed by atoms with E-state index < -0.39 is 5.60 Å². The fourth-order valence-electron chi connectivity index (χ4n) is 11.0. The van der Waals surface area contributed by atoms with E-state index in [9.17, 15) is 19.5 Å². The van der Waals surface area contributed by atoms with Crippen LogP contribution in [0.1, 0.15) is 61.8 Å². The minimum absolute atomic E-state index is 0.110. The van der Waals surface area contributed by atoms with Crippen molar-refractivity contribution in [1.82, 2.24) is 20.2 Å². The average molecular weight is 1000 g/mol. The lowest BCUT2D eigenvalue weighted by Crippen LogP contribution is -2.50. The third-order valence-corrected chi connectivity index (χ3v) is 14.9. The molecule has 6 aliphatic rings. The normalized spacial score (nSPS) is 17.8. The molecule has 16 heteroatoms. The van der Waals surface area contributed by atoms with Gasteiger partial charge in [0.15, 0.2) is 0 Å². The van der Waals surface area contributed by atoms with Crippen molar-refractivity contribution in [2.24, 2.45) is 0 Å². The minimum Gasteiger partial charge on any atom is -0.456 e. The molecule has 2 aromatic heterocycles. The molecule has 4 fully saturated rings. The van der Waals surface area contributed by atoms with Crippen molar-refractivity contribution in [3.63, 3.8) is 0 Å². The van der Waals surface area contributed by atoms with E-state index in [0.29, 0.717) is 45.6 Å². The van der Waals surface area contributed by atoms with Crippen molar-refractivity contribution in [2.75, 3.05) is 99.2 Å². The maximum absolute atomic E-state index is 12.6. The van der Waals surface area contributed by atoms with E-state index in [4.69, 9.17) is 18.9 Å². The Balaban J connectivity index is 0.000000161. The number of anilines is 4. The highest BCUT2D eigenvalue weighted by Gasteiger charge is 2.32. The van der Waals surface area contributed by atoms with Crippen molar-refractivity contribution in [3.05, 3.63) is 140 Å². The lowest BCUT2D eigenvalue weighted by molar-refractivity contribution is -0.148. The number of rotatable bonds is 9. The number of amides is 1. The van der Waals surface area contributed by atoms with Crippen LogP contribution >= 0.6 is 0 Å². The largest absolute Gasteiger partial charge is 0.456 e. The van der Waals surface area contributed by atoms with Gasteiger partial charge in [-0.15, -0.1) is 0 Å². The Kier molecular flexibility index (Phi) is 14.2. The summed E-state index contributed by atoms with van der Waals surface area (Å²) in [6.07, 6.45) is 5.45. The van der Waals surface area contributed by atoms with Gasteiger partial charge >= 0.3 is 0 Å². The zero-order valence-corrected chi connectivity index (χ0v) is 42.3. The summed E-state index contributed by atoms with van der Waals surface area (Å²) in [6.45, 7) is 12.2. The summed E-state index contributed by atoms with van der Waals surface area (Å²) in [5.41, 5.74) is 10.2. The number of piperidine rings is 2. The maximum Gasteiger partial charge on any atom is 0.253 e. The summed E-state index contributed by atoms with van der Waals surface area (Å²) in [5, 5.41) is 20.8. The van der Waals surface area contributed by atoms with Crippen LogP contribution in [0.3, 0.4) is 0 Å². The lowest BCUT2D eigenvalue weighted by Gasteiger charge is -2.35. The molecule has 0 aliphatic carbocycles. The van der Waals surface area contributed by atoms with Gasteiger partial charge in [0.25, 0.3) is 5.91 Å². The van der Waals surface area contributed by atoms with Crippen molar-refractivity contribution >= 4 is 28.7 Å². The van der Waals surface area contributed by atoms with E-state index in [1.54, 1.807) is 17.0 Å². The first-order valence-electron chi connectivity index (χ1n) is 26.2. The summed E-state index contributed by atoms with van der Waals surface area (Å²) in [4.78, 5) is 49.7. The second-order valence-corrected chi connectivity index (χ2v) is 20.7. The molecule has 0 unspecified atom stereocenters. The summed E-state index contributed by atoms with van der Waals surface area (Å²) in [6, 6.07) is 32.9. The number of likely N-dealkylation sites (tertiary alicyclic amines) is 1.